The maximum absolute atomic E-state index is 13.0. The van der Waals surface area contributed by atoms with E-state index < -0.39 is 5.82 Å². The van der Waals surface area contributed by atoms with Gasteiger partial charge >= 0.3 is 0 Å². The molecule has 5 nitrogen and oxygen atoms in total. The highest BCUT2D eigenvalue weighted by Crippen LogP contribution is 2.35. The van der Waals surface area contributed by atoms with Crippen LogP contribution in [-0.2, 0) is 19.4 Å². The summed E-state index contributed by atoms with van der Waals surface area (Å²) in [4.78, 5) is 18.1. The van der Waals surface area contributed by atoms with Crippen LogP contribution in [0.1, 0.15) is 16.1 Å². The highest BCUT2D eigenvalue weighted by atomic mass is 35.5. The van der Waals surface area contributed by atoms with E-state index in [1.165, 1.54) is 32.7 Å². The van der Waals surface area contributed by atoms with Crippen LogP contribution in [0.5, 0.6) is 5.75 Å². The van der Waals surface area contributed by atoms with Crippen molar-refractivity contribution in [1.82, 2.24) is 14.0 Å². The number of thiophene rings is 1. The smallest absolute Gasteiger partial charge is 0.258 e. The van der Waals surface area contributed by atoms with Crippen molar-refractivity contribution in [2.75, 3.05) is 13.1 Å². The van der Waals surface area contributed by atoms with Crippen LogP contribution in [-0.4, -0.2) is 27.1 Å². The minimum Gasteiger partial charge on any atom is -0.487 e. The number of ether oxygens (including phenoxy) is 1. The molecule has 1 aliphatic heterocycles. The maximum Gasteiger partial charge on any atom is 0.258 e. The molecule has 1 aliphatic rings. The van der Waals surface area contributed by atoms with Gasteiger partial charge < -0.3 is 4.74 Å². The Morgan fingerprint density at radius 1 is 1.13 bits per heavy atom. The third-order valence-corrected chi connectivity index (χ3v) is 7.00. The van der Waals surface area contributed by atoms with Crippen molar-refractivity contribution >= 4 is 33.2 Å². The van der Waals surface area contributed by atoms with Crippen molar-refractivity contribution < 1.29 is 9.13 Å². The number of pyridine rings is 2. The van der Waals surface area contributed by atoms with Gasteiger partial charge in [0.05, 0.1) is 11.9 Å². The van der Waals surface area contributed by atoms with Crippen LogP contribution in [0.2, 0.25) is 0 Å². The number of fused-ring (bicyclic) bond motifs is 3. The molecule has 0 spiro atoms. The molecule has 158 valence electrons. The lowest BCUT2D eigenvalue weighted by Gasteiger charge is -2.10. The monoisotopic (exact) mass is 455 g/mol. The highest BCUT2D eigenvalue weighted by Gasteiger charge is 2.18. The van der Waals surface area contributed by atoms with Crippen molar-refractivity contribution in [2.24, 2.45) is 0 Å². The summed E-state index contributed by atoms with van der Waals surface area (Å²) in [5.74, 6) is 0.0471. The molecule has 0 N–H and O–H groups in total. The predicted octanol–water partition coefficient (Wildman–Crippen LogP) is 4.72. The van der Waals surface area contributed by atoms with Crippen LogP contribution in [0, 0.1) is 5.82 Å². The minimum absolute atomic E-state index is 0.161. The molecular formula is C23H19ClFN3O2S. The lowest BCUT2D eigenvalue weighted by Crippen LogP contribution is -2.16. The number of nitrogens with zero attached hydrogens (tertiary/aromatic N) is 3. The van der Waals surface area contributed by atoms with Crippen LogP contribution in [0.15, 0.2) is 59.7 Å². The molecule has 0 amide bonds. The van der Waals surface area contributed by atoms with Crippen LogP contribution >= 0.6 is 23.1 Å². The SMILES string of the molecule is O=c1cc(OCc2ccc(F)cn2)ccn1-c1ccc2sc3c(c2c1)CCN(Cl)CC3. The molecule has 0 saturated heterocycles. The Labute approximate surface area is 187 Å². The Balaban J connectivity index is 1.40. The Morgan fingerprint density at radius 3 is 2.81 bits per heavy atom. The van der Waals surface area contributed by atoms with Gasteiger partial charge in [0.15, 0.2) is 0 Å². The number of hydrogen-bond donors (Lipinski definition) is 0. The highest BCUT2D eigenvalue weighted by molar-refractivity contribution is 7.19. The second-order valence-electron chi connectivity index (χ2n) is 7.42. The third kappa shape index (κ3) is 4.21. The average Bonchev–Trinajstić information content (AvgIpc) is 3.02. The first-order chi connectivity index (χ1) is 15.1. The fourth-order valence-corrected chi connectivity index (χ4v) is 5.19. The molecule has 8 heteroatoms. The van der Waals surface area contributed by atoms with Gasteiger partial charge in [-0.2, -0.15) is 0 Å². The normalized spacial score (nSPS) is 14.4. The summed E-state index contributed by atoms with van der Waals surface area (Å²) >= 11 is 8.02. The molecule has 1 aromatic carbocycles. The molecule has 0 atom stereocenters. The molecular weight excluding hydrogens is 437 g/mol. The number of hydrogen-bond acceptors (Lipinski definition) is 5. The van der Waals surface area contributed by atoms with E-state index in [0.717, 1.165) is 37.8 Å². The maximum atomic E-state index is 13.0. The van der Waals surface area contributed by atoms with Crippen molar-refractivity contribution in [3.05, 3.63) is 87.2 Å². The van der Waals surface area contributed by atoms with Crippen molar-refractivity contribution in [3.8, 4) is 11.4 Å². The second-order valence-corrected chi connectivity index (χ2v) is 9.04. The number of halogens is 2. The summed E-state index contributed by atoms with van der Waals surface area (Å²) in [6.07, 6.45) is 4.70. The molecule has 4 heterocycles. The van der Waals surface area contributed by atoms with Crippen molar-refractivity contribution in [2.45, 2.75) is 19.4 Å². The van der Waals surface area contributed by atoms with Gasteiger partial charge in [0, 0.05) is 40.6 Å². The molecule has 0 saturated carbocycles. The number of rotatable bonds is 4. The quantitative estimate of drug-likeness (QED) is 0.418. The van der Waals surface area contributed by atoms with E-state index in [2.05, 4.69) is 17.1 Å². The van der Waals surface area contributed by atoms with E-state index in [1.807, 2.05) is 21.8 Å². The topological polar surface area (TPSA) is 47.4 Å². The van der Waals surface area contributed by atoms with Crippen LogP contribution in [0.4, 0.5) is 4.39 Å². The average molecular weight is 456 g/mol. The van der Waals surface area contributed by atoms with E-state index in [4.69, 9.17) is 16.5 Å². The minimum atomic E-state index is -0.397. The molecule has 3 aromatic heterocycles. The van der Waals surface area contributed by atoms with Gasteiger partial charge in [-0.3, -0.25) is 14.3 Å². The fourth-order valence-electron chi connectivity index (χ4n) is 3.79. The summed E-state index contributed by atoms with van der Waals surface area (Å²) in [5, 5.41) is 1.19. The summed E-state index contributed by atoms with van der Waals surface area (Å²) in [7, 11) is 0. The zero-order chi connectivity index (χ0) is 21.4. The van der Waals surface area contributed by atoms with Gasteiger partial charge in [0.25, 0.3) is 5.56 Å². The van der Waals surface area contributed by atoms with Gasteiger partial charge in [-0.15, -0.1) is 11.3 Å². The summed E-state index contributed by atoms with van der Waals surface area (Å²) in [6.45, 7) is 1.83. The van der Waals surface area contributed by atoms with Crippen LogP contribution in [0.3, 0.4) is 0 Å². The first-order valence-corrected chi connectivity index (χ1v) is 11.1. The Hall–Kier alpha value is -2.74. The standard InChI is InChI=1S/C23H19ClFN3O2S/c24-27-8-6-19-20-11-17(3-4-21(20)31-22(19)7-9-27)28-10-5-18(12-23(28)29)30-14-16-2-1-15(25)13-26-16/h1-5,10-13H,6-9,14H2. The zero-order valence-electron chi connectivity index (χ0n) is 16.6. The second kappa shape index (κ2) is 8.42. The van der Waals surface area contributed by atoms with Gasteiger partial charge in [0.2, 0.25) is 0 Å². The molecule has 0 aliphatic carbocycles. The largest absolute Gasteiger partial charge is 0.487 e. The van der Waals surface area contributed by atoms with E-state index in [1.54, 1.807) is 22.9 Å². The summed E-state index contributed by atoms with van der Waals surface area (Å²) < 4.78 is 23.3. The molecule has 0 fully saturated rings. The molecule has 31 heavy (non-hydrogen) atoms. The molecule has 0 radical (unpaired) electrons. The van der Waals surface area contributed by atoms with Gasteiger partial charge in [-0.05, 0) is 72.0 Å². The van der Waals surface area contributed by atoms with E-state index in [-0.39, 0.29) is 12.2 Å². The van der Waals surface area contributed by atoms with Gasteiger partial charge in [0.1, 0.15) is 18.2 Å². The van der Waals surface area contributed by atoms with E-state index >= 15 is 0 Å². The molecule has 0 bridgehead atoms. The lowest BCUT2D eigenvalue weighted by atomic mass is 10.1. The summed E-state index contributed by atoms with van der Waals surface area (Å²) in [6, 6.07) is 12.2. The van der Waals surface area contributed by atoms with Crippen molar-refractivity contribution in [3.63, 3.8) is 0 Å². The van der Waals surface area contributed by atoms with E-state index in [0.29, 0.717) is 11.4 Å². The Morgan fingerprint density at radius 2 is 2.00 bits per heavy atom. The predicted molar refractivity (Wildman–Crippen MR) is 121 cm³/mol. The van der Waals surface area contributed by atoms with Crippen molar-refractivity contribution in [1.29, 1.82) is 0 Å². The molecule has 0 unspecified atom stereocenters. The third-order valence-electron chi connectivity index (χ3n) is 5.39. The fraction of sp³-hybridized carbons (Fsp3) is 0.217. The number of aromatic nitrogens is 2. The molecule has 5 rings (SSSR count). The van der Waals surface area contributed by atoms with Gasteiger partial charge in [-0.25, -0.2) is 8.81 Å². The Kier molecular flexibility index (Phi) is 5.48. The Bertz CT molecular complexity index is 1300. The van der Waals surface area contributed by atoms with Crippen LogP contribution < -0.4 is 10.3 Å². The van der Waals surface area contributed by atoms with E-state index in [9.17, 15) is 9.18 Å². The summed E-state index contributed by atoms with van der Waals surface area (Å²) in [5.41, 5.74) is 2.56. The lowest BCUT2D eigenvalue weighted by molar-refractivity contribution is 0.300. The first kappa shape index (κ1) is 20.2. The first-order valence-electron chi connectivity index (χ1n) is 9.98. The van der Waals surface area contributed by atoms with Crippen LogP contribution in [0.25, 0.3) is 15.8 Å². The van der Waals surface area contributed by atoms with Gasteiger partial charge in [-0.1, -0.05) is 0 Å². The number of benzene rings is 1. The zero-order valence-corrected chi connectivity index (χ0v) is 18.1. The molecule has 4 aromatic rings.